The van der Waals surface area contributed by atoms with Gasteiger partial charge in [0.2, 0.25) is 12.1 Å². The van der Waals surface area contributed by atoms with Crippen LogP contribution in [-0.2, 0) is 9.36 Å². The molecule has 0 aromatic carbocycles. The lowest BCUT2D eigenvalue weighted by Gasteiger charge is -2.04. The number of aliphatic hydroxyl groups is 1. The van der Waals surface area contributed by atoms with E-state index < -0.39 is 31.9 Å². The lowest BCUT2D eigenvalue weighted by atomic mass is 10.2. The number of aliphatic hydroxyl groups excluding tert-OH is 1. The van der Waals surface area contributed by atoms with Crippen molar-refractivity contribution < 1.29 is 19.6 Å². The maximum atomic E-state index is 10.8. The van der Waals surface area contributed by atoms with Gasteiger partial charge in [-0.15, -0.1) is 0 Å². The first kappa shape index (κ1) is 11.4. The summed E-state index contributed by atoms with van der Waals surface area (Å²) in [5.74, 6) is -2.04. The molecule has 12 heavy (non-hydrogen) atoms. The molecule has 3 unspecified atom stereocenters. The molecular weight excluding hydrogens is 183 g/mol. The summed E-state index contributed by atoms with van der Waals surface area (Å²) in [7, 11) is -1.96. The average molecular weight is 195 g/mol. The number of hydrogen-bond acceptors (Lipinski definition) is 5. The van der Waals surface area contributed by atoms with Gasteiger partial charge in [-0.3, -0.25) is 10.5 Å². The molecule has 0 rings (SSSR count). The van der Waals surface area contributed by atoms with E-state index in [0.717, 1.165) is 0 Å². The minimum absolute atomic E-state index is 0.0922. The predicted octanol–water partition coefficient (Wildman–Crippen LogP) is -1.15. The minimum atomic E-state index is -1.96. The molecule has 0 aromatic rings. The van der Waals surface area contributed by atoms with Crippen molar-refractivity contribution in [1.82, 2.24) is 0 Å². The van der Waals surface area contributed by atoms with Crippen molar-refractivity contribution >= 4 is 13.8 Å². The fourth-order valence-electron chi connectivity index (χ4n) is 0.583. The van der Waals surface area contributed by atoms with Crippen LogP contribution in [0.1, 0.15) is 6.42 Å². The van der Waals surface area contributed by atoms with E-state index in [1.54, 1.807) is 0 Å². The zero-order valence-electron chi connectivity index (χ0n) is 6.38. The fourth-order valence-corrected chi connectivity index (χ4v) is 1.26. The van der Waals surface area contributed by atoms with Crippen molar-refractivity contribution in [1.29, 1.82) is 0 Å². The quantitative estimate of drug-likeness (QED) is 0.410. The van der Waals surface area contributed by atoms with E-state index in [9.17, 15) is 9.36 Å². The molecule has 0 aliphatic rings. The number of carboxylic acid groups (broad SMARTS) is 1. The summed E-state index contributed by atoms with van der Waals surface area (Å²) in [6.07, 6.45) is -0.631. The summed E-state index contributed by atoms with van der Waals surface area (Å²) in [4.78, 5) is 10.2. The smallest absolute Gasteiger partial charge is 0.385 e. The van der Waals surface area contributed by atoms with Gasteiger partial charge in [-0.25, -0.2) is 0 Å². The molecule has 0 fully saturated rings. The van der Waals surface area contributed by atoms with Gasteiger partial charge in [-0.2, -0.15) is 0 Å². The van der Waals surface area contributed by atoms with E-state index in [1.165, 1.54) is 0 Å². The molecule has 0 bridgehead atoms. The lowest BCUT2D eigenvalue weighted by Crippen LogP contribution is -2.36. The molecule has 7 heteroatoms. The molecule has 0 aromatic heterocycles. The van der Waals surface area contributed by atoms with Gasteiger partial charge in [-0.1, -0.05) is 4.57 Å². The molecule has 0 radical (unpaired) electrons. The second-order valence-electron chi connectivity index (χ2n) is 2.31. The number of rotatable bonds is 5. The van der Waals surface area contributed by atoms with Crippen LogP contribution in [0.4, 0.5) is 0 Å². The molecule has 0 saturated carbocycles. The zero-order valence-corrected chi connectivity index (χ0v) is 7.28. The third-order valence-corrected chi connectivity index (χ3v) is 2.55. The third-order valence-electron chi connectivity index (χ3n) is 1.32. The molecule has 0 saturated heterocycles. The molecule has 70 valence electrons. The molecule has 0 aliphatic carbocycles. The van der Waals surface area contributed by atoms with Crippen LogP contribution in [0.2, 0.25) is 0 Å². The second-order valence-corrected chi connectivity index (χ2v) is 4.09. The first-order chi connectivity index (χ1) is 5.49. The van der Waals surface area contributed by atoms with E-state index in [4.69, 9.17) is 21.7 Å². The number of carbonyl (C=O) groups is 1. The monoisotopic (exact) mass is 195 g/mol. The Balaban J connectivity index is 3.91. The maximum Gasteiger partial charge on any atom is 0.385 e. The van der Waals surface area contributed by atoms with E-state index >= 15 is 0 Å². The zero-order chi connectivity index (χ0) is 9.72. The van der Waals surface area contributed by atoms with Crippen LogP contribution < -0.4 is 11.5 Å². The van der Waals surface area contributed by atoms with Crippen LogP contribution in [0.5, 0.6) is 0 Å². The Morgan fingerprint density at radius 3 is 2.33 bits per heavy atom. The minimum Gasteiger partial charge on any atom is -0.480 e. The number of hydrogen-bond donors (Lipinski definition) is 4. The van der Waals surface area contributed by atoms with Crippen LogP contribution in [-0.4, -0.2) is 34.4 Å². The highest BCUT2D eigenvalue weighted by Gasteiger charge is 2.29. The van der Waals surface area contributed by atoms with Gasteiger partial charge in [0.05, 0.1) is 0 Å². The van der Waals surface area contributed by atoms with Crippen LogP contribution in [0, 0.1) is 0 Å². The van der Waals surface area contributed by atoms with Gasteiger partial charge in [0.25, 0.3) is 0 Å². The van der Waals surface area contributed by atoms with Crippen LogP contribution in [0.25, 0.3) is 0 Å². The molecule has 0 amide bonds. The van der Waals surface area contributed by atoms with Crippen molar-refractivity contribution in [3.63, 3.8) is 0 Å². The van der Waals surface area contributed by atoms with Crippen LogP contribution in [0.3, 0.4) is 0 Å². The Labute approximate surface area is 70.3 Å². The summed E-state index contributed by atoms with van der Waals surface area (Å²) in [5.41, 5.74) is 10.4. The van der Waals surface area contributed by atoms with Crippen molar-refractivity contribution in [2.24, 2.45) is 11.5 Å². The standard InChI is InChI=1S/C5H11N2O4P/c6-3(5(9)10)1-4(7)12(11)2-8/h3-4,8H,1-2,6-7H2/p+1. The van der Waals surface area contributed by atoms with Crippen molar-refractivity contribution in [2.75, 3.05) is 6.35 Å². The number of aliphatic carboxylic acids is 1. The molecule has 0 spiro atoms. The molecule has 3 atom stereocenters. The number of carboxylic acids is 1. The largest absolute Gasteiger partial charge is 0.480 e. The maximum absolute atomic E-state index is 10.8. The molecule has 0 heterocycles. The summed E-state index contributed by atoms with van der Waals surface area (Å²) >= 11 is 0. The van der Waals surface area contributed by atoms with Gasteiger partial charge in [0.1, 0.15) is 6.04 Å². The van der Waals surface area contributed by atoms with E-state index in [2.05, 4.69) is 0 Å². The van der Waals surface area contributed by atoms with E-state index in [1.807, 2.05) is 0 Å². The van der Waals surface area contributed by atoms with E-state index in [-0.39, 0.29) is 6.42 Å². The van der Waals surface area contributed by atoms with Crippen molar-refractivity contribution in [3.8, 4) is 0 Å². The van der Waals surface area contributed by atoms with Gasteiger partial charge < -0.3 is 15.9 Å². The molecule has 6 N–H and O–H groups in total. The van der Waals surface area contributed by atoms with Gasteiger partial charge >= 0.3 is 13.8 Å². The third kappa shape index (κ3) is 3.73. The van der Waals surface area contributed by atoms with Gasteiger partial charge in [-0.05, 0) is 0 Å². The first-order valence-electron chi connectivity index (χ1n) is 3.27. The van der Waals surface area contributed by atoms with Crippen molar-refractivity contribution in [2.45, 2.75) is 18.2 Å². The van der Waals surface area contributed by atoms with Gasteiger partial charge in [0, 0.05) is 6.42 Å². The number of nitrogens with two attached hydrogens (primary N) is 2. The summed E-state index contributed by atoms with van der Waals surface area (Å²) in [6, 6.07) is -1.12. The Morgan fingerprint density at radius 2 is 2.00 bits per heavy atom. The van der Waals surface area contributed by atoms with Gasteiger partial charge in [0.15, 0.2) is 0 Å². The highest BCUT2D eigenvalue weighted by Crippen LogP contribution is 2.25. The molecule has 6 nitrogen and oxygen atoms in total. The second kappa shape index (κ2) is 5.16. The summed E-state index contributed by atoms with van der Waals surface area (Å²) in [5, 5.41) is 16.8. The lowest BCUT2D eigenvalue weighted by molar-refractivity contribution is -0.138. The Kier molecular flexibility index (Phi) is 4.92. The molecular formula is C5H12N2O4P+. The average Bonchev–Trinajstić information content (AvgIpc) is 2.02. The fraction of sp³-hybridized carbons (Fsp3) is 0.800. The van der Waals surface area contributed by atoms with Crippen LogP contribution in [0.15, 0.2) is 0 Å². The molecule has 0 aliphatic heterocycles. The Morgan fingerprint density at radius 1 is 1.50 bits per heavy atom. The summed E-state index contributed by atoms with van der Waals surface area (Å²) in [6.45, 7) is 0. The van der Waals surface area contributed by atoms with Crippen molar-refractivity contribution in [3.05, 3.63) is 0 Å². The first-order valence-corrected chi connectivity index (χ1v) is 4.79. The highest BCUT2D eigenvalue weighted by molar-refractivity contribution is 7.45. The summed E-state index contributed by atoms with van der Waals surface area (Å²) < 4.78 is 10.8. The SMILES string of the molecule is NC(CC(N)[P+](=O)CO)C(=O)O. The van der Waals surface area contributed by atoms with E-state index in [0.29, 0.717) is 0 Å². The topological polar surface area (TPSA) is 127 Å². The predicted molar refractivity (Wildman–Crippen MR) is 42.9 cm³/mol. The Bertz CT molecular complexity index is 186. The normalized spacial score (nSPS) is 16.8. The highest BCUT2D eigenvalue weighted by atomic mass is 31.1. The van der Waals surface area contributed by atoms with Crippen LogP contribution >= 0.6 is 7.80 Å². The Hall–Kier alpha value is -0.550.